The zero-order chi connectivity index (χ0) is 15.8. The van der Waals surface area contributed by atoms with Crippen LogP contribution in [0.4, 0.5) is 10.5 Å². The van der Waals surface area contributed by atoms with Gasteiger partial charge >= 0.3 is 12.0 Å². The smallest absolute Gasteiger partial charge is 0.319 e. The number of ether oxygens (including phenoxy) is 1. The third-order valence-electron chi connectivity index (χ3n) is 3.20. The third kappa shape index (κ3) is 5.43. The molecule has 0 aromatic heterocycles. The predicted molar refractivity (Wildman–Crippen MR) is 80.6 cm³/mol. The first-order valence-corrected chi connectivity index (χ1v) is 6.85. The Hall–Kier alpha value is -2.08. The average Bonchev–Trinajstić information content (AvgIpc) is 2.45. The van der Waals surface area contributed by atoms with E-state index in [1.54, 1.807) is 0 Å². The number of aryl methyl sites for hydroxylation is 2. The number of nitrogens with one attached hydrogen (secondary N) is 2. The predicted octanol–water partition coefficient (Wildman–Crippen LogP) is 2.17. The highest BCUT2D eigenvalue weighted by Crippen LogP contribution is 2.20. The van der Waals surface area contributed by atoms with Crippen molar-refractivity contribution >= 4 is 17.7 Å². The molecule has 0 saturated carbocycles. The fourth-order valence-corrected chi connectivity index (χ4v) is 2.00. The Bertz CT molecular complexity index is 502. The summed E-state index contributed by atoms with van der Waals surface area (Å²) in [5.74, 6) is -0.962. The molecular formula is C15H22N2O4. The Morgan fingerprint density at radius 2 is 2.10 bits per heavy atom. The minimum absolute atomic E-state index is 0.141. The average molecular weight is 294 g/mol. The van der Waals surface area contributed by atoms with Crippen LogP contribution in [-0.4, -0.2) is 36.9 Å². The lowest BCUT2D eigenvalue weighted by atomic mass is 10.1. The van der Waals surface area contributed by atoms with Crippen molar-refractivity contribution in [3.63, 3.8) is 0 Å². The molecule has 0 spiro atoms. The summed E-state index contributed by atoms with van der Waals surface area (Å²) >= 11 is 0. The molecule has 0 aliphatic heterocycles. The Morgan fingerprint density at radius 3 is 2.67 bits per heavy atom. The molecule has 6 nitrogen and oxygen atoms in total. The zero-order valence-electron chi connectivity index (χ0n) is 12.6. The molecule has 6 heteroatoms. The number of carbonyl (C=O) groups is 2. The van der Waals surface area contributed by atoms with E-state index < -0.39 is 12.1 Å². The molecule has 0 aliphatic rings. The van der Waals surface area contributed by atoms with Gasteiger partial charge in [0, 0.05) is 19.3 Å². The second-order valence-electron chi connectivity index (χ2n) is 4.75. The van der Waals surface area contributed by atoms with E-state index in [0.717, 1.165) is 23.2 Å². The highest BCUT2D eigenvalue weighted by Gasteiger charge is 2.14. The molecule has 0 fully saturated rings. The molecule has 1 rings (SSSR count). The van der Waals surface area contributed by atoms with E-state index in [1.165, 1.54) is 7.11 Å². The number of anilines is 1. The number of amides is 2. The van der Waals surface area contributed by atoms with Gasteiger partial charge in [-0.15, -0.1) is 0 Å². The van der Waals surface area contributed by atoms with Crippen LogP contribution >= 0.6 is 0 Å². The lowest BCUT2D eigenvalue weighted by molar-refractivity contribution is -0.139. The number of rotatable bonds is 7. The molecule has 21 heavy (non-hydrogen) atoms. The fourth-order valence-electron chi connectivity index (χ4n) is 2.00. The minimum atomic E-state index is -0.962. The summed E-state index contributed by atoms with van der Waals surface area (Å²) in [5, 5.41) is 14.1. The number of hydrogen-bond acceptors (Lipinski definition) is 3. The topological polar surface area (TPSA) is 87.7 Å². The molecule has 116 valence electrons. The lowest BCUT2D eigenvalue weighted by Gasteiger charge is -2.16. The van der Waals surface area contributed by atoms with Gasteiger partial charge in [-0.25, -0.2) is 4.79 Å². The van der Waals surface area contributed by atoms with Crippen LogP contribution in [0.25, 0.3) is 0 Å². The second-order valence-corrected chi connectivity index (χ2v) is 4.75. The Morgan fingerprint density at radius 1 is 1.38 bits per heavy atom. The molecule has 0 bridgehead atoms. The van der Waals surface area contributed by atoms with Gasteiger partial charge in [-0.3, -0.25) is 4.79 Å². The summed E-state index contributed by atoms with van der Waals surface area (Å²) < 4.78 is 5.01. The van der Waals surface area contributed by atoms with E-state index in [2.05, 4.69) is 10.6 Å². The number of hydrogen-bond donors (Lipinski definition) is 3. The lowest BCUT2D eigenvalue weighted by Crippen LogP contribution is -2.37. The van der Waals surface area contributed by atoms with E-state index in [9.17, 15) is 9.59 Å². The van der Waals surface area contributed by atoms with Gasteiger partial charge in [-0.05, 0) is 24.5 Å². The first-order valence-electron chi connectivity index (χ1n) is 6.85. The third-order valence-corrected chi connectivity index (χ3v) is 3.20. The van der Waals surface area contributed by atoms with Gasteiger partial charge in [-0.1, -0.05) is 25.1 Å². The molecule has 0 radical (unpaired) electrons. The van der Waals surface area contributed by atoms with Gasteiger partial charge in [0.1, 0.15) is 0 Å². The van der Waals surface area contributed by atoms with Crippen molar-refractivity contribution in [1.82, 2.24) is 5.32 Å². The first-order chi connectivity index (χ1) is 9.97. The monoisotopic (exact) mass is 294 g/mol. The minimum Gasteiger partial charge on any atom is -0.481 e. The van der Waals surface area contributed by atoms with Gasteiger partial charge in [-0.2, -0.15) is 0 Å². The zero-order valence-corrected chi connectivity index (χ0v) is 12.6. The van der Waals surface area contributed by atoms with Gasteiger partial charge in [0.2, 0.25) is 0 Å². The van der Waals surface area contributed by atoms with Gasteiger partial charge in [0.15, 0.2) is 0 Å². The van der Waals surface area contributed by atoms with Crippen LogP contribution in [0.1, 0.15) is 24.5 Å². The fraction of sp³-hybridized carbons (Fsp3) is 0.467. The van der Waals surface area contributed by atoms with Crippen LogP contribution in [0.3, 0.4) is 0 Å². The maximum atomic E-state index is 11.9. The Balaban J connectivity index is 2.60. The van der Waals surface area contributed by atoms with Crippen molar-refractivity contribution in [3.8, 4) is 0 Å². The summed E-state index contributed by atoms with van der Waals surface area (Å²) in [6, 6.07) is 5.47. The van der Waals surface area contributed by atoms with Crippen molar-refractivity contribution in [3.05, 3.63) is 29.3 Å². The van der Waals surface area contributed by atoms with E-state index in [0.29, 0.717) is 0 Å². The summed E-state index contributed by atoms with van der Waals surface area (Å²) in [6.45, 7) is 4.09. The van der Waals surface area contributed by atoms with E-state index in [4.69, 9.17) is 9.84 Å². The first kappa shape index (κ1) is 17.0. The number of carbonyl (C=O) groups excluding carboxylic acids is 1. The normalized spacial score (nSPS) is 11.8. The van der Waals surface area contributed by atoms with E-state index >= 15 is 0 Å². The highest BCUT2D eigenvalue weighted by molar-refractivity contribution is 5.91. The van der Waals surface area contributed by atoms with Crippen molar-refractivity contribution in [1.29, 1.82) is 0 Å². The van der Waals surface area contributed by atoms with Crippen LogP contribution in [0, 0.1) is 6.92 Å². The summed E-state index contributed by atoms with van der Waals surface area (Å²) in [6.07, 6.45) is 0.119. The molecule has 1 unspecified atom stereocenters. The molecule has 0 heterocycles. The molecule has 1 atom stereocenters. The van der Waals surface area contributed by atoms with Crippen molar-refractivity contribution in [2.45, 2.75) is 32.8 Å². The number of carboxylic acids is 1. The SMILES string of the molecule is CCc1cccc(C)c1NC(=O)NCC(CC(=O)O)OC. The maximum Gasteiger partial charge on any atom is 0.319 e. The summed E-state index contributed by atoms with van der Waals surface area (Å²) in [5.41, 5.74) is 2.84. The van der Waals surface area contributed by atoms with Crippen LogP contribution in [0.2, 0.25) is 0 Å². The number of benzene rings is 1. The molecule has 0 aliphatic carbocycles. The standard InChI is InChI=1S/C15H22N2O4/c1-4-11-7-5-6-10(2)14(11)17-15(20)16-9-12(21-3)8-13(18)19/h5-7,12H,4,8-9H2,1-3H3,(H,18,19)(H2,16,17,20). The highest BCUT2D eigenvalue weighted by atomic mass is 16.5. The van der Waals surface area contributed by atoms with Crippen LogP contribution in [0.5, 0.6) is 0 Å². The molecule has 3 N–H and O–H groups in total. The number of aliphatic carboxylic acids is 1. The maximum absolute atomic E-state index is 11.9. The van der Waals surface area contributed by atoms with Crippen LogP contribution in [0.15, 0.2) is 18.2 Å². The van der Waals surface area contributed by atoms with Crippen LogP contribution in [-0.2, 0) is 16.0 Å². The van der Waals surface area contributed by atoms with Gasteiger partial charge < -0.3 is 20.5 Å². The Labute approximate surface area is 124 Å². The number of carboxylic acid groups (broad SMARTS) is 1. The second kappa shape index (κ2) is 8.26. The van der Waals surface area contributed by atoms with Gasteiger partial charge in [0.05, 0.1) is 12.5 Å². The number of methoxy groups -OCH3 is 1. The molecule has 2 amide bonds. The molecular weight excluding hydrogens is 272 g/mol. The van der Waals surface area contributed by atoms with Crippen molar-refractivity contribution in [2.75, 3.05) is 19.0 Å². The molecule has 1 aromatic carbocycles. The van der Waals surface area contributed by atoms with Crippen molar-refractivity contribution in [2.24, 2.45) is 0 Å². The molecule has 0 saturated heterocycles. The largest absolute Gasteiger partial charge is 0.481 e. The van der Waals surface area contributed by atoms with E-state index in [1.807, 2.05) is 32.0 Å². The number of urea groups is 1. The number of para-hydroxylation sites is 1. The van der Waals surface area contributed by atoms with Gasteiger partial charge in [0.25, 0.3) is 0 Å². The van der Waals surface area contributed by atoms with Crippen molar-refractivity contribution < 1.29 is 19.4 Å². The summed E-state index contributed by atoms with van der Waals surface area (Å²) in [7, 11) is 1.42. The quantitative estimate of drug-likeness (QED) is 0.719. The molecule has 1 aromatic rings. The van der Waals surface area contributed by atoms with E-state index in [-0.39, 0.29) is 19.0 Å². The van der Waals surface area contributed by atoms with Crippen LogP contribution < -0.4 is 10.6 Å². The summed E-state index contributed by atoms with van der Waals surface area (Å²) in [4.78, 5) is 22.5. The Kier molecular flexibility index (Phi) is 6.68.